The van der Waals surface area contributed by atoms with E-state index in [2.05, 4.69) is 20.2 Å². The van der Waals surface area contributed by atoms with Crippen LogP contribution in [0.4, 0.5) is 5.95 Å². The van der Waals surface area contributed by atoms with Crippen molar-refractivity contribution in [1.29, 1.82) is 0 Å². The summed E-state index contributed by atoms with van der Waals surface area (Å²) in [4.78, 5) is 38.3. The molecule has 26 heavy (non-hydrogen) atoms. The average Bonchev–Trinajstić information content (AvgIpc) is 3.29. The SMILES string of the molecule is Cc1cc(C(=O)N2CCCC(C(=O)NC3CC3)C2)nc(N2CCCC2)n1. The molecule has 1 aromatic heterocycles. The third-order valence-electron chi connectivity index (χ3n) is 5.45. The topological polar surface area (TPSA) is 78.4 Å². The number of rotatable bonds is 4. The number of hydrogen-bond donors (Lipinski definition) is 1. The van der Waals surface area contributed by atoms with Gasteiger partial charge in [-0.3, -0.25) is 9.59 Å². The highest BCUT2D eigenvalue weighted by Crippen LogP contribution is 2.23. The van der Waals surface area contributed by atoms with Gasteiger partial charge in [0.25, 0.3) is 5.91 Å². The minimum atomic E-state index is -0.103. The van der Waals surface area contributed by atoms with Crippen molar-refractivity contribution in [3.05, 3.63) is 17.5 Å². The van der Waals surface area contributed by atoms with E-state index in [0.29, 0.717) is 30.8 Å². The standard InChI is InChI=1S/C19H27N5O2/c1-13-11-16(22-19(20-13)23-8-2-3-9-23)18(26)24-10-4-5-14(12-24)17(25)21-15-6-7-15/h11,14-15H,2-10,12H2,1H3,(H,21,25). The lowest BCUT2D eigenvalue weighted by Gasteiger charge is -2.32. The van der Waals surface area contributed by atoms with Gasteiger partial charge in [0.2, 0.25) is 11.9 Å². The number of likely N-dealkylation sites (tertiary alicyclic amines) is 1. The highest BCUT2D eigenvalue weighted by Gasteiger charge is 2.32. The van der Waals surface area contributed by atoms with Crippen molar-refractivity contribution in [1.82, 2.24) is 20.2 Å². The third-order valence-corrected chi connectivity index (χ3v) is 5.45. The second-order valence-electron chi connectivity index (χ2n) is 7.76. The van der Waals surface area contributed by atoms with Crippen LogP contribution in [0.2, 0.25) is 0 Å². The number of amides is 2. The zero-order valence-electron chi connectivity index (χ0n) is 15.4. The summed E-state index contributed by atoms with van der Waals surface area (Å²) in [5.74, 6) is 0.571. The molecule has 3 heterocycles. The average molecular weight is 357 g/mol. The normalized spacial score (nSPS) is 23.2. The van der Waals surface area contributed by atoms with Gasteiger partial charge in [-0.1, -0.05) is 0 Å². The van der Waals surface area contributed by atoms with Crippen LogP contribution >= 0.6 is 0 Å². The molecule has 3 fully saturated rings. The number of piperidine rings is 1. The van der Waals surface area contributed by atoms with Gasteiger partial charge in [-0.2, -0.15) is 0 Å². The molecular weight excluding hydrogens is 330 g/mol. The first-order chi connectivity index (χ1) is 12.6. The van der Waals surface area contributed by atoms with Crippen LogP contribution in [-0.4, -0.2) is 58.9 Å². The molecule has 1 aromatic rings. The summed E-state index contributed by atoms with van der Waals surface area (Å²) in [6.07, 6.45) is 6.16. The van der Waals surface area contributed by atoms with E-state index >= 15 is 0 Å². The van der Waals surface area contributed by atoms with Crippen LogP contribution in [0.3, 0.4) is 0 Å². The highest BCUT2D eigenvalue weighted by molar-refractivity contribution is 5.93. The zero-order chi connectivity index (χ0) is 18.1. The smallest absolute Gasteiger partial charge is 0.272 e. The number of carbonyl (C=O) groups is 2. The van der Waals surface area contributed by atoms with Gasteiger partial charge in [-0.15, -0.1) is 0 Å². The minimum Gasteiger partial charge on any atom is -0.353 e. The first-order valence-electron chi connectivity index (χ1n) is 9.80. The Kier molecular flexibility index (Phi) is 4.78. The van der Waals surface area contributed by atoms with Crippen molar-refractivity contribution in [3.63, 3.8) is 0 Å². The number of carbonyl (C=O) groups excluding carboxylic acids is 2. The third kappa shape index (κ3) is 3.81. The lowest BCUT2D eigenvalue weighted by molar-refractivity contribution is -0.126. The maximum absolute atomic E-state index is 13.0. The van der Waals surface area contributed by atoms with Crippen LogP contribution in [0.15, 0.2) is 6.07 Å². The molecule has 1 unspecified atom stereocenters. The van der Waals surface area contributed by atoms with E-state index in [1.807, 2.05) is 6.92 Å². The van der Waals surface area contributed by atoms with E-state index in [-0.39, 0.29) is 17.7 Å². The summed E-state index contributed by atoms with van der Waals surface area (Å²) < 4.78 is 0. The molecule has 2 amide bonds. The lowest BCUT2D eigenvalue weighted by Crippen LogP contribution is -2.46. The van der Waals surface area contributed by atoms with Gasteiger partial charge in [0, 0.05) is 37.9 Å². The molecule has 2 aliphatic heterocycles. The maximum Gasteiger partial charge on any atom is 0.272 e. The van der Waals surface area contributed by atoms with E-state index < -0.39 is 0 Å². The first kappa shape index (κ1) is 17.2. The molecule has 7 heteroatoms. The fourth-order valence-corrected chi connectivity index (χ4v) is 3.81. The molecule has 2 saturated heterocycles. The van der Waals surface area contributed by atoms with E-state index in [9.17, 15) is 9.59 Å². The van der Waals surface area contributed by atoms with Gasteiger partial charge >= 0.3 is 0 Å². The fourth-order valence-electron chi connectivity index (χ4n) is 3.81. The van der Waals surface area contributed by atoms with E-state index in [1.54, 1.807) is 11.0 Å². The summed E-state index contributed by atoms with van der Waals surface area (Å²) in [7, 11) is 0. The Labute approximate surface area is 154 Å². The van der Waals surface area contributed by atoms with Crippen LogP contribution in [0, 0.1) is 12.8 Å². The second-order valence-corrected chi connectivity index (χ2v) is 7.76. The Bertz CT molecular complexity index is 697. The zero-order valence-corrected chi connectivity index (χ0v) is 15.4. The van der Waals surface area contributed by atoms with Crippen molar-refractivity contribution < 1.29 is 9.59 Å². The van der Waals surface area contributed by atoms with Gasteiger partial charge in [0.15, 0.2) is 0 Å². The quantitative estimate of drug-likeness (QED) is 0.884. The fraction of sp³-hybridized carbons (Fsp3) is 0.684. The molecule has 1 N–H and O–H groups in total. The molecule has 0 radical (unpaired) electrons. The molecule has 3 aliphatic rings. The van der Waals surface area contributed by atoms with Crippen molar-refractivity contribution in [2.75, 3.05) is 31.1 Å². The Morgan fingerprint density at radius 2 is 1.85 bits per heavy atom. The van der Waals surface area contributed by atoms with Gasteiger partial charge < -0.3 is 15.1 Å². The van der Waals surface area contributed by atoms with Gasteiger partial charge in [-0.05, 0) is 51.5 Å². The molecule has 0 bridgehead atoms. The lowest BCUT2D eigenvalue weighted by atomic mass is 9.96. The van der Waals surface area contributed by atoms with Crippen LogP contribution < -0.4 is 10.2 Å². The molecule has 0 aromatic carbocycles. The number of nitrogens with one attached hydrogen (secondary N) is 1. The number of anilines is 1. The first-order valence-corrected chi connectivity index (χ1v) is 9.80. The summed E-state index contributed by atoms with van der Waals surface area (Å²) in [6.45, 7) is 4.97. The molecule has 4 rings (SSSR count). The van der Waals surface area contributed by atoms with Crippen molar-refractivity contribution >= 4 is 17.8 Å². The molecule has 1 atom stereocenters. The Morgan fingerprint density at radius 1 is 1.08 bits per heavy atom. The largest absolute Gasteiger partial charge is 0.353 e. The predicted molar refractivity (Wildman–Crippen MR) is 98.0 cm³/mol. The molecule has 140 valence electrons. The van der Waals surface area contributed by atoms with Crippen LogP contribution in [0.25, 0.3) is 0 Å². The van der Waals surface area contributed by atoms with Crippen molar-refractivity contribution in [3.8, 4) is 0 Å². The van der Waals surface area contributed by atoms with E-state index in [4.69, 9.17) is 0 Å². The minimum absolute atomic E-state index is 0.0835. The van der Waals surface area contributed by atoms with Crippen molar-refractivity contribution in [2.24, 2.45) is 5.92 Å². The number of nitrogens with zero attached hydrogens (tertiary/aromatic N) is 4. The van der Waals surface area contributed by atoms with Crippen molar-refractivity contribution in [2.45, 2.75) is 51.5 Å². The van der Waals surface area contributed by atoms with Crippen LogP contribution in [-0.2, 0) is 4.79 Å². The highest BCUT2D eigenvalue weighted by atomic mass is 16.2. The molecule has 0 spiro atoms. The van der Waals surface area contributed by atoms with Gasteiger partial charge in [0.1, 0.15) is 5.69 Å². The van der Waals surface area contributed by atoms with Gasteiger partial charge in [-0.25, -0.2) is 9.97 Å². The van der Waals surface area contributed by atoms with Crippen LogP contribution in [0.1, 0.15) is 54.7 Å². The Balaban J connectivity index is 1.46. The van der Waals surface area contributed by atoms with Gasteiger partial charge in [0.05, 0.1) is 5.92 Å². The Hall–Kier alpha value is -2.18. The van der Waals surface area contributed by atoms with E-state index in [0.717, 1.165) is 57.3 Å². The maximum atomic E-state index is 13.0. The number of aromatic nitrogens is 2. The summed E-state index contributed by atoms with van der Waals surface area (Å²) in [5, 5.41) is 3.07. The summed E-state index contributed by atoms with van der Waals surface area (Å²) >= 11 is 0. The molecule has 1 aliphatic carbocycles. The molecule has 1 saturated carbocycles. The number of hydrogen-bond acceptors (Lipinski definition) is 5. The second kappa shape index (κ2) is 7.21. The number of aryl methyl sites for hydroxylation is 1. The van der Waals surface area contributed by atoms with E-state index in [1.165, 1.54) is 0 Å². The Morgan fingerprint density at radius 3 is 2.58 bits per heavy atom. The summed E-state index contributed by atoms with van der Waals surface area (Å²) in [6, 6.07) is 2.12. The summed E-state index contributed by atoms with van der Waals surface area (Å²) in [5.41, 5.74) is 1.26. The predicted octanol–water partition coefficient (Wildman–Crippen LogP) is 1.52. The molecular formula is C19H27N5O2. The van der Waals surface area contributed by atoms with Crippen LogP contribution in [0.5, 0.6) is 0 Å². The molecule has 7 nitrogen and oxygen atoms in total. The monoisotopic (exact) mass is 357 g/mol.